The van der Waals surface area contributed by atoms with Crippen molar-refractivity contribution in [2.24, 2.45) is 0 Å². The van der Waals surface area contributed by atoms with Crippen LogP contribution in [0.5, 0.6) is 0 Å². The highest BCUT2D eigenvalue weighted by Gasteiger charge is 2.20. The second-order valence-electron chi connectivity index (χ2n) is 19.1. The summed E-state index contributed by atoms with van der Waals surface area (Å²) < 4.78 is 85.9. The topological polar surface area (TPSA) is 268 Å². The number of methoxy groups -OCH3 is 4. The highest BCUT2D eigenvalue weighted by atomic mass is 28.3. The smallest absolute Gasteiger partial charge is 0.338 e. The van der Waals surface area contributed by atoms with E-state index in [2.05, 4.69) is 70.7 Å². The lowest BCUT2D eigenvalue weighted by Gasteiger charge is -2.10. The van der Waals surface area contributed by atoms with Crippen molar-refractivity contribution in [2.75, 3.05) is 187 Å². The maximum Gasteiger partial charge on any atom is 0.338 e. The molecule has 0 amide bonds. The Morgan fingerprint density at radius 2 is 0.568 bits per heavy atom. The molecule has 25 heteroatoms. The van der Waals surface area contributed by atoms with Crippen LogP contribution >= 0.6 is 0 Å². The van der Waals surface area contributed by atoms with Gasteiger partial charge in [-0.2, -0.15) is 0 Å². The first kappa shape index (κ1) is 72.9. The molecular weight excluding hydrogens is 1160 g/mol. The van der Waals surface area contributed by atoms with E-state index < -0.39 is 32.0 Å². The van der Waals surface area contributed by atoms with Crippen molar-refractivity contribution in [3.05, 3.63) is 93.6 Å². The minimum atomic E-state index is -1.95. The number of ether oxygens (including phenoxy) is 16. The van der Waals surface area contributed by atoms with Crippen molar-refractivity contribution in [3.8, 4) is 70.3 Å². The molecule has 0 N–H and O–H groups in total. The highest BCUT2D eigenvalue weighted by Crippen LogP contribution is 2.23. The maximum atomic E-state index is 13.7. The van der Waals surface area contributed by atoms with Crippen LogP contribution in [0.2, 0.25) is 19.6 Å². The zero-order valence-electron chi connectivity index (χ0n) is 51.1. The fraction of sp³-hybridized carbons (Fsp3) is 0.492. The Kier molecular flexibility index (Phi) is 36.4. The Hall–Kier alpha value is -7.54. The molecule has 4 aromatic heterocycles. The monoisotopic (exact) mass is 1240 g/mol. The normalized spacial score (nSPS) is 10.8. The van der Waals surface area contributed by atoms with Gasteiger partial charge in [0.2, 0.25) is 0 Å². The molecule has 0 aliphatic rings. The molecule has 0 radical (unpaired) electrons. The van der Waals surface area contributed by atoms with Gasteiger partial charge in [-0.1, -0.05) is 31.5 Å². The SMILES string of the molecule is C#Cc1cc(C(=O)OCCOCCOCCOC)cc(-c2cc(C(=O)OCCOCCOCCOC)cc(C#CC#Cc3cc(C(=O)OCCOCCOCCOC)cc(-c4cc(C(=O)OCCOCCOCCOC)cc(C#C[Si](C)(C)C)n4)n3)n2)n1. The largest absolute Gasteiger partial charge is 0.460 e. The van der Waals surface area contributed by atoms with E-state index in [-0.39, 0.29) is 147 Å². The van der Waals surface area contributed by atoms with Crippen molar-refractivity contribution in [1.29, 1.82) is 0 Å². The van der Waals surface area contributed by atoms with Gasteiger partial charge in [0.1, 0.15) is 57.3 Å². The lowest BCUT2D eigenvalue weighted by atomic mass is 10.1. The zero-order valence-corrected chi connectivity index (χ0v) is 52.1. The second-order valence-corrected chi connectivity index (χ2v) is 23.8. The number of aromatic nitrogens is 4. The summed E-state index contributed by atoms with van der Waals surface area (Å²) in [5, 5.41) is 0. The Morgan fingerprint density at radius 3 is 0.818 bits per heavy atom. The summed E-state index contributed by atoms with van der Waals surface area (Å²) >= 11 is 0. The number of carbonyl (C=O) groups is 4. The standard InChI is InChI=1S/C63H78N4O20Si/c1-9-52-40-48(60(68)84-35-31-80-27-23-76-19-15-72-2)44-56(64-52)57-45-49(61(69)85-36-32-81-28-24-77-20-16-73-3)41-53(65-57)12-10-11-13-54-42-50(62(70)86-37-33-82-29-25-78-21-17-74-4)46-58(66-54)59-47-51(43-55(67-59)14-39-88(6,7)8)63(71)87-38-34-83-30-26-79-22-18-75-5/h1,40-47H,15-38H2,2-8H3. The number of esters is 4. The van der Waals surface area contributed by atoms with Crippen LogP contribution in [0.15, 0.2) is 48.5 Å². The first-order chi connectivity index (χ1) is 42.8. The molecular formula is C63H78N4O20Si. The molecule has 474 valence electrons. The van der Waals surface area contributed by atoms with Crippen LogP contribution in [-0.2, 0) is 75.8 Å². The number of pyridine rings is 4. The van der Waals surface area contributed by atoms with Crippen LogP contribution in [0.3, 0.4) is 0 Å². The molecule has 4 heterocycles. The van der Waals surface area contributed by atoms with Crippen molar-refractivity contribution in [1.82, 2.24) is 19.9 Å². The van der Waals surface area contributed by atoms with Crippen LogP contribution in [0.25, 0.3) is 22.8 Å². The van der Waals surface area contributed by atoms with Gasteiger partial charge < -0.3 is 75.8 Å². The molecule has 4 aromatic rings. The molecule has 0 aliphatic carbocycles. The number of carbonyl (C=O) groups excluding carboxylic acids is 4. The molecule has 0 fully saturated rings. The van der Waals surface area contributed by atoms with Gasteiger partial charge >= 0.3 is 23.9 Å². The van der Waals surface area contributed by atoms with Crippen LogP contribution in [0.1, 0.15) is 64.2 Å². The van der Waals surface area contributed by atoms with Crippen molar-refractivity contribution in [3.63, 3.8) is 0 Å². The average Bonchev–Trinajstić information content (AvgIpc) is 2.47. The third-order valence-corrected chi connectivity index (χ3v) is 11.9. The van der Waals surface area contributed by atoms with Crippen LogP contribution < -0.4 is 0 Å². The summed E-state index contributed by atoms with van der Waals surface area (Å²) in [4.78, 5) is 72.9. The predicted octanol–water partition coefficient (Wildman–Crippen LogP) is 4.56. The zero-order chi connectivity index (χ0) is 63.5. The van der Waals surface area contributed by atoms with Gasteiger partial charge in [0, 0.05) is 28.4 Å². The first-order valence-corrected chi connectivity index (χ1v) is 31.6. The van der Waals surface area contributed by atoms with Crippen LogP contribution in [0, 0.1) is 47.5 Å². The van der Waals surface area contributed by atoms with Gasteiger partial charge in [0.15, 0.2) is 0 Å². The average molecular weight is 1240 g/mol. The van der Waals surface area contributed by atoms with E-state index in [1.165, 1.54) is 48.5 Å². The van der Waals surface area contributed by atoms with E-state index in [9.17, 15) is 19.2 Å². The van der Waals surface area contributed by atoms with E-state index in [4.69, 9.17) is 92.2 Å². The van der Waals surface area contributed by atoms with Crippen molar-refractivity contribution < 1.29 is 95.0 Å². The third kappa shape index (κ3) is 30.9. The molecule has 24 nitrogen and oxygen atoms in total. The number of nitrogens with zero attached hydrogens (tertiary/aromatic N) is 4. The van der Waals surface area contributed by atoms with E-state index in [0.29, 0.717) is 79.3 Å². The number of hydrogen-bond donors (Lipinski definition) is 0. The van der Waals surface area contributed by atoms with E-state index >= 15 is 0 Å². The molecule has 4 rings (SSSR count). The molecule has 0 aromatic carbocycles. The number of rotatable bonds is 42. The summed E-state index contributed by atoms with van der Waals surface area (Å²) in [6, 6.07) is 11.4. The predicted molar refractivity (Wildman–Crippen MR) is 322 cm³/mol. The van der Waals surface area contributed by atoms with Crippen molar-refractivity contribution in [2.45, 2.75) is 19.6 Å². The maximum absolute atomic E-state index is 13.7. The summed E-state index contributed by atoms with van der Waals surface area (Å²) in [5.74, 6) is 13.9. The van der Waals surface area contributed by atoms with Gasteiger partial charge in [-0.3, -0.25) is 0 Å². The lowest BCUT2D eigenvalue weighted by molar-refractivity contribution is 0.00551. The Labute approximate surface area is 515 Å². The third-order valence-electron chi connectivity index (χ3n) is 11.0. The Balaban J connectivity index is 1.71. The van der Waals surface area contributed by atoms with Gasteiger partial charge in [-0.05, 0) is 72.2 Å². The molecule has 88 heavy (non-hydrogen) atoms. The summed E-state index contributed by atoms with van der Waals surface area (Å²) in [6.07, 6.45) is 5.80. The summed E-state index contributed by atoms with van der Waals surface area (Å²) in [7, 11) is 4.36. The highest BCUT2D eigenvalue weighted by molar-refractivity contribution is 6.83. The van der Waals surface area contributed by atoms with E-state index in [1.807, 2.05) is 0 Å². The molecule has 0 unspecified atom stereocenters. The van der Waals surface area contributed by atoms with Gasteiger partial charge in [0.05, 0.1) is 177 Å². The number of hydrogen-bond acceptors (Lipinski definition) is 24. The summed E-state index contributed by atoms with van der Waals surface area (Å²) in [6.45, 7) is 12.1. The first-order valence-electron chi connectivity index (χ1n) is 28.1. The van der Waals surface area contributed by atoms with Crippen LogP contribution in [0.4, 0.5) is 0 Å². The number of terminal acetylenes is 1. The van der Waals surface area contributed by atoms with E-state index in [1.54, 1.807) is 28.4 Å². The van der Waals surface area contributed by atoms with Crippen molar-refractivity contribution >= 4 is 32.0 Å². The molecule has 0 saturated heterocycles. The second kappa shape index (κ2) is 44.0. The lowest BCUT2D eigenvalue weighted by Crippen LogP contribution is -2.16. The quantitative estimate of drug-likeness (QED) is 0.0193. The molecule has 0 atom stereocenters. The fourth-order valence-electron chi connectivity index (χ4n) is 6.79. The molecule has 0 saturated carbocycles. The molecule has 0 bridgehead atoms. The molecule has 0 spiro atoms. The Morgan fingerprint density at radius 1 is 0.341 bits per heavy atom. The van der Waals surface area contributed by atoms with Gasteiger partial charge in [-0.25, -0.2) is 39.1 Å². The Bertz CT molecular complexity index is 3040. The minimum Gasteiger partial charge on any atom is -0.460 e. The van der Waals surface area contributed by atoms with Gasteiger partial charge in [0.25, 0.3) is 0 Å². The van der Waals surface area contributed by atoms with E-state index in [0.717, 1.165) is 0 Å². The summed E-state index contributed by atoms with van der Waals surface area (Å²) in [5.41, 5.74) is 4.43. The van der Waals surface area contributed by atoms with Gasteiger partial charge in [-0.15, -0.1) is 12.0 Å². The molecule has 0 aliphatic heterocycles. The van der Waals surface area contributed by atoms with Crippen LogP contribution in [-0.4, -0.2) is 239 Å². The fourth-order valence-corrected chi connectivity index (χ4v) is 7.29. The minimum absolute atomic E-state index is 0.0178.